The van der Waals surface area contributed by atoms with Gasteiger partial charge in [0.1, 0.15) is 5.75 Å². The normalized spacial score (nSPS) is 13.6. The first-order chi connectivity index (χ1) is 14.2. The lowest BCUT2D eigenvalue weighted by molar-refractivity contribution is 0.242. The Morgan fingerprint density at radius 3 is 2.24 bits per heavy atom. The molecule has 3 aromatic rings. The highest BCUT2D eigenvalue weighted by Crippen LogP contribution is 2.24. The molecule has 0 spiro atoms. The van der Waals surface area contributed by atoms with Crippen LogP contribution in [0.25, 0.3) is 0 Å². The van der Waals surface area contributed by atoms with Gasteiger partial charge in [-0.15, -0.1) is 5.10 Å². The average molecular weight is 390 g/mol. The van der Waals surface area contributed by atoms with E-state index in [1.807, 2.05) is 38.1 Å². The summed E-state index contributed by atoms with van der Waals surface area (Å²) < 4.78 is 5.66. The van der Waals surface area contributed by atoms with Crippen LogP contribution in [-0.2, 0) is 0 Å². The summed E-state index contributed by atoms with van der Waals surface area (Å²) >= 11 is 0. The van der Waals surface area contributed by atoms with E-state index in [1.54, 1.807) is 6.20 Å². The van der Waals surface area contributed by atoms with Gasteiger partial charge in [0.2, 0.25) is 5.95 Å². The number of hydrogen-bond acceptors (Lipinski definition) is 7. The number of rotatable bonds is 7. The van der Waals surface area contributed by atoms with Gasteiger partial charge in [-0.3, -0.25) is 0 Å². The summed E-state index contributed by atoms with van der Waals surface area (Å²) in [5, 5.41) is 14.6. The van der Waals surface area contributed by atoms with Gasteiger partial charge in [-0.25, -0.2) is 0 Å². The fourth-order valence-corrected chi connectivity index (χ4v) is 3.31. The topological polar surface area (TPSA) is 75.2 Å². The Hall–Kier alpha value is -3.35. The van der Waals surface area contributed by atoms with Crippen LogP contribution in [0.15, 0.2) is 54.7 Å². The van der Waals surface area contributed by atoms with Gasteiger partial charge in [0.05, 0.1) is 12.3 Å². The summed E-state index contributed by atoms with van der Waals surface area (Å²) in [4.78, 5) is 6.91. The molecule has 4 rings (SSSR count). The van der Waals surface area contributed by atoms with Gasteiger partial charge in [-0.05, 0) is 75.2 Å². The molecule has 0 saturated carbocycles. The van der Waals surface area contributed by atoms with E-state index in [0.717, 1.165) is 30.2 Å². The number of hydrogen-bond donors (Lipinski definition) is 2. The van der Waals surface area contributed by atoms with Crippen LogP contribution in [0, 0.1) is 0 Å². The molecule has 150 valence electrons. The largest absolute Gasteiger partial charge is 0.491 e. The molecule has 7 heteroatoms. The number of nitrogens with one attached hydrogen (secondary N) is 2. The standard InChI is InChI=1S/C22H26N6O/c1-16(2)29-20-11-7-18(8-12-20)25-22-26-21(15-23-27-22)24-17-5-9-19(10-6-17)28-13-3-4-14-28/h5-12,15-16H,3-4,13-14H2,1-2H3,(H2,24,25,26,27). The molecule has 1 aliphatic rings. The van der Waals surface area contributed by atoms with Crippen molar-refractivity contribution in [3.63, 3.8) is 0 Å². The highest BCUT2D eigenvalue weighted by Gasteiger charge is 2.12. The maximum Gasteiger partial charge on any atom is 0.249 e. The molecule has 0 unspecified atom stereocenters. The molecule has 0 radical (unpaired) electrons. The van der Waals surface area contributed by atoms with Crippen molar-refractivity contribution in [2.45, 2.75) is 32.8 Å². The van der Waals surface area contributed by atoms with Crippen LogP contribution in [0.3, 0.4) is 0 Å². The molecule has 0 bridgehead atoms. The van der Waals surface area contributed by atoms with E-state index in [-0.39, 0.29) is 6.10 Å². The third-order valence-electron chi connectivity index (χ3n) is 4.65. The van der Waals surface area contributed by atoms with Crippen LogP contribution in [0.2, 0.25) is 0 Å². The van der Waals surface area contributed by atoms with Crippen LogP contribution in [0.1, 0.15) is 26.7 Å². The highest BCUT2D eigenvalue weighted by molar-refractivity contribution is 5.62. The number of ether oxygens (including phenoxy) is 1. The van der Waals surface area contributed by atoms with Crippen molar-refractivity contribution in [3.05, 3.63) is 54.7 Å². The second-order valence-electron chi connectivity index (χ2n) is 7.35. The van der Waals surface area contributed by atoms with Gasteiger partial charge in [0.25, 0.3) is 0 Å². The smallest absolute Gasteiger partial charge is 0.249 e. The van der Waals surface area contributed by atoms with E-state index in [1.165, 1.54) is 18.5 Å². The van der Waals surface area contributed by atoms with Gasteiger partial charge in [-0.2, -0.15) is 10.1 Å². The molecule has 2 aromatic carbocycles. The molecule has 0 aliphatic carbocycles. The number of benzene rings is 2. The highest BCUT2D eigenvalue weighted by atomic mass is 16.5. The Labute approximate surface area is 171 Å². The van der Waals surface area contributed by atoms with Crippen molar-refractivity contribution in [3.8, 4) is 5.75 Å². The third kappa shape index (κ3) is 5.13. The van der Waals surface area contributed by atoms with E-state index < -0.39 is 0 Å². The summed E-state index contributed by atoms with van der Waals surface area (Å²) in [5.41, 5.74) is 3.10. The Kier molecular flexibility index (Phi) is 5.74. The predicted molar refractivity (Wildman–Crippen MR) is 116 cm³/mol. The molecule has 0 atom stereocenters. The van der Waals surface area contributed by atoms with Gasteiger partial charge in [0, 0.05) is 30.2 Å². The molecule has 29 heavy (non-hydrogen) atoms. The van der Waals surface area contributed by atoms with Gasteiger partial charge in [0.15, 0.2) is 5.82 Å². The van der Waals surface area contributed by atoms with Gasteiger partial charge < -0.3 is 20.3 Å². The number of aromatic nitrogens is 3. The summed E-state index contributed by atoms with van der Waals surface area (Å²) in [6.45, 7) is 6.29. The fourth-order valence-electron chi connectivity index (χ4n) is 3.31. The minimum Gasteiger partial charge on any atom is -0.491 e. The molecular formula is C22H26N6O. The van der Waals surface area contributed by atoms with Crippen molar-refractivity contribution < 1.29 is 4.74 Å². The van der Waals surface area contributed by atoms with Crippen LogP contribution in [0.4, 0.5) is 28.8 Å². The molecular weight excluding hydrogens is 364 g/mol. The molecule has 1 saturated heterocycles. The lowest BCUT2D eigenvalue weighted by Crippen LogP contribution is -2.17. The summed E-state index contributed by atoms with van der Waals surface area (Å²) in [6, 6.07) is 16.1. The lowest BCUT2D eigenvalue weighted by Gasteiger charge is -2.17. The van der Waals surface area contributed by atoms with Crippen LogP contribution in [0.5, 0.6) is 5.75 Å². The number of anilines is 5. The Balaban J connectivity index is 1.39. The van der Waals surface area contributed by atoms with Crippen LogP contribution >= 0.6 is 0 Å². The van der Waals surface area contributed by atoms with Crippen LogP contribution in [-0.4, -0.2) is 34.4 Å². The van der Waals surface area contributed by atoms with E-state index >= 15 is 0 Å². The van der Waals surface area contributed by atoms with Crippen molar-refractivity contribution >= 4 is 28.8 Å². The Morgan fingerprint density at radius 1 is 0.897 bits per heavy atom. The quantitative estimate of drug-likeness (QED) is 0.603. The fraction of sp³-hybridized carbons (Fsp3) is 0.318. The van der Waals surface area contributed by atoms with E-state index in [2.05, 4.69) is 55.0 Å². The second kappa shape index (κ2) is 8.77. The summed E-state index contributed by atoms with van der Waals surface area (Å²) in [6.07, 6.45) is 4.30. The summed E-state index contributed by atoms with van der Waals surface area (Å²) in [7, 11) is 0. The first-order valence-electron chi connectivity index (χ1n) is 10.0. The zero-order chi connectivity index (χ0) is 20.1. The molecule has 7 nitrogen and oxygen atoms in total. The number of nitrogens with zero attached hydrogens (tertiary/aromatic N) is 4. The molecule has 2 N–H and O–H groups in total. The SMILES string of the molecule is CC(C)Oc1ccc(Nc2nncc(Nc3ccc(N4CCCC4)cc3)n2)cc1. The maximum absolute atomic E-state index is 5.66. The predicted octanol–water partition coefficient (Wildman–Crippen LogP) is 4.75. The average Bonchev–Trinajstić information content (AvgIpc) is 3.25. The van der Waals surface area contributed by atoms with Gasteiger partial charge in [-0.1, -0.05) is 0 Å². The zero-order valence-electron chi connectivity index (χ0n) is 16.8. The summed E-state index contributed by atoms with van der Waals surface area (Å²) in [5.74, 6) is 1.90. The zero-order valence-corrected chi connectivity index (χ0v) is 16.8. The lowest BCUT2D eigenvalue weighted by atomic mass is 10.2. The van der Waals surface area contributed by atoms with E-state index in [4.69, 9.17) is 4.74 Å². The third-order valence-corrected chi connectivity index (χ3v) is 4.65. The molecule has 1 aromatic heterocycles. The molecule has 1 fully saturated rings. The van der Waals surface area contributed by atoms with Crippen LogP contribution < -0.4 is 20.3 Å². The minimum absolute atomic E-state index is 0.147. The van der Waals surface area contributed by atoms with Crippen molar-refractivity contribution in [2.75, 3.05) is 28.6 Å². The van der Waals surface area contributed by atoms with Crippen molar-refractivity contribution in [1.29, 1.82) is 0 Å². The molecule has 1 aliphatic heterocycles. The van der Waals surface area contributed by atoms with Crippen molar-refractivity contribution in [1.82, 2.24) is 15.2 Å². The molecule has 2 heterocycles. The minimum atomic E-state index is 0.147. The van der Waals surface area contributed by atoms with Crippen molar-refractivity contribution in [2.24, 2.45) is 0 Å². The van der Waals surface area contributed by atoms with Gasteiger partial charge >= 0.3 is 0 Å². The van der Waals surface area contributed by atoms with E-state index in [9.17, 15) is 0 Å². The Bertz CT molecular complexity index is 921. The van der Waals surface area contributed by atoms with E-state index in [0.29, 0.717) is 11.8 Å². The molecule has 0 amide bonds. The first kappa shape index (κ1) is 19.0. The maximum atomic E-state index is 5.66. The monoisotopic (exact) mass is 390 g/mol. The first-order valence-corrected chi connectivity index (χ1v) is 10.0. The Morgan fingerprint density at radius 2 is 1.55 bits per heavy atom. The second-order valence-corrected chi connectivity index (χ2v) is 7.35.